The Morgan fingerprint density at radius 1 is 0.952 bits per heavy atom. The highest BCUT2D eigenvalue weighted by Gasteiger charge is 2.13. The fourth-order valence-electron chi connectivity index (χ4n) is 2.61. The Morgan fingerprint density at radius 2 is 1.67 bits per heavy atom. The summed E-state index contributed by atoms with van der Waals surface area (Å²) in [4.78, 5) is 12.8. The SMILES string of the molecule is O=c1c2ccccc2c2cn[nH]c2n1-c1ccc(Cl)cc1. The lowest BCUT2D eigenvalue weighted by atomic mass is 10.1. The van der Waals surface area contributed by atoms with E-state index in [-0.39, 0.29) is 5.56 Å². The van der Waals surface area contributed by atoms with Gasteiger partial charge in [-0.2, -0.15) is 5.10 Å². The van der Waals surface area contributed by atoms with Crippen molar-refractivity contribution in [2.45, 2.75) is 0 Å². The van der Waals surface area contributed by atoms with Crippen molar-refractivity contribution >= 4 is 33.4 Å². The number of benzene rings is 2. The maximum atomic E-state index is 12.8. The molecule has 0 spiro atoms. The highest BCUT2D eigenvalue weighted by atomic mass is 35.5. The molecule has 2 heterocycles. The van der Waals surface area contributed by atoms with Crippen LogP contribution in [-0.2, 0) is 0 Å². The first kappa shape index (κ1) is 12.2. The van der Waals surface area contributed by atoms with Crippen LogP contribution in [0.1, 0.15) is 0 Å². The molecule has 0 saturated carbocycles. The van der Waals surface area contributed by atoms with Crippen molar-refractivity contribution < 1.29 is 0 Å². The van der Waals surface area contributed by atoms with Crippen LogP contribution in [0.4, 0.5) is 0 Å². The molecule has 2 aromatic carbocycles. The number of pyridine rings is 1. The van der Waals surface area contributed by atoms with Crippen LogP contribution in [0.15, 0.2) is 59.5 Å². The highest BCUT2D eigenvalue weighted by molar-refractivity contribution is 6.30. The van der Waals surface area contributed by atoms with Crippen LogP contribution in [0.5, 0.6) is 0 Å². The Labute approximate surface area is 124 Å². The molecule has 102 valence electrons. The Bertz CT molecular complexity index is 1020. The number of hydrogen-bond donors (Lipinski definition) is 1. The van der Waals surface area contributed by atoms with E-state index < -0.39 is 0 Å². The summed E-state index contributed by atoms with van der Waals surface area (Å²) in [5.74, 6) is 0. The number of hydrogen-bond acceptors (Lipinski definition) is 2. The first-order valence-electron chi connectivity index (χ1n) is 6.48. The quantitative estimate of drug-likeness (QED) is 0.584. The zero-order valence-corrected chi connectivity index (χ0v) is 11.6. The lowest BCUT2D eigenvalue weighted by molar-refractivity contribution is 0.999. The first-order chi connectivity index (χ1) is 10.3. The van der Waals surface area contributed by atoms with Gasteiger partial charge in [0.1, 0.15) is 5.65 Å². The molecule has 0 atom stereocenters. The van der Waals surface area contributed by atoms with Crippen molar-refractivity contribution in [2.75, 3.05) is 0 Å². The largest absolute Gasteiger partial charge is 0.268 e. The molecule has 1 N–H and O–H groups in total. The molecule has 0 amide bonds. The van der Waals surface area contributed by atoms with E-state index in [4.69, 9.17) is 11.6 Å². The summed E-state index contributed by atoms with van der Waals surface area (Å²) in [6.07, 6.45) is 1.74. The van der Waals surface area contributed by atoms with Gasteiger partial charge < -0.3 is 0 Å². The molecule has 0 aliphatic carbocycles. The number of nitrogens with zero attached hydrogens (tertiary/aromatic N) is 2. The van der Waals surface area contributed by atoms with Crippen molar-refractivity contribution in [2.24, 2.45) is 0 Å². The van der Waals surface area contributed by atoms with E-state index in [0.717, 1.165) is 16.5 Å². The predicted octanol–water partition coefficient (Wildman–Crippen LogP) is 3.52. The molecule has 0 aliphatic rings. The van der Waals surface area contributed by atoms with Gasteiger partial charge in [-0.15, -0.1) is 0 Å². The van der Waals surface area contributed by atoms with Crippen LogP contribution >= 0.6 is 11.6 Å². The second-order valence-electron chi connectivity index (χ2n) is 4.79. The van der Waals surface area contributed by atoms with Gasteiger partial charge in [0.2, 0.25) is 0 Å². The summed E-state index contributed by atoms with van der Waals surface area (Å²) < 4.78 is 1.63. The minimum atomic E-state index is -0.0790. The van der Waals surface area contributed by atoms with Crippen LogP contribution in [-0.4, -0.2) is 14.8 Å². The molecule has 5 heteroatoms. The zero-order chi connectivity index (χ0) is 14.4. The van der Waals surface area contributed by atoms with Gasteiger partial charge in [0.15, 0.2) is 0 Å². The first-order valence-corrected chi connectivity index (χ1v) is 6.86. The second-order valence-corrected chi connectivity index (χ2v) is 5.23. The number of rotatable bonds is 1. The van der Waals surface area contributed by atoms with Gasteiger partial charge >= 0.3 is 0 Å². The highest BCUT2D eigenvalue weighted by Crippen LogP contribution is 2.23. The lowest BCUT2D eigenvalue weighted by Gasteiger charge is -2.09. The lowest BCUT2D eigenvalue weighted by Crippen LogP contribution is -2.19. The minimum absolute atomic E-state index is 0.0790. The fourth-order valence-corrected chi connectivity index (χ4v) is 2.74. The van der Waals surface area contributed by atoms with Crippen LogP contribution in [0, 0.1) is 0 Å². The van der Waals surface area contributed by atoms with Gasteiger partial charge in [-0.1, -0.05) is 29.8 Å². The fraction of sp³-hybridized carbons (Fsp3) is 0. The van der Waals surface area contributed by atoms with Crippen LogP contribution in [0.25, 0.3) is 27.5 Å². The normalized spacial score (nSPS) is 11.3. The number of aromatic amines is 1. The molecule has 0 bridgehead atoms. The third kappa shape index (κ3) is 1.76. The molecule has 4 aromatic rings. The second kappa shape index (κ2) is 4.46. The molecule has 0 fully saturated rings. The number of fused-ring (bicyclic) bond motifs is 3. The molecule has 4 nitrogen and oxygen atoms in total. The van der Waals surface area contributed by atoms with Crippen molar-refractivity contribution in [3.63, 3.8) is 0 Å². The Balaban J connectivity index is 2.21. The molecule has 0 saturated heterocycles. The van der Waals surface area contributed by atoms with E-state index in [1.807, 2.05) is 36.4 Å². The standard InChI is InChI=1S/C16H10ClN3O/c17-10-5-7-11(8-6-10)20-15-14(9-18-19-15)12-3-1-2-4-13(12)16(20)21/h1-9H,(H,18,19). The average Bonchev–Trinajstić information content (AvgIpc) is 2.99. The molecular formula is C16H10ClN3O. The topological polar surface area (TPSA) is 50.7 Å². The van der Waals surface area contributed by atoms with Crippen molar-refractivity contribution in [3.05, 3.63) is 70.1 Å². The smallest absolute Gasteiger partial charge is 0.264 e. The van der Waals surface area contributed by atoms with Crippen LogP contribution in [0.2, 0.25) is 5.02 Å². The zero-order valence-electron chi connectivity index (χ0n) is 10.9. The van der Waals surface area contributed by atoms with Crippen LogP contribution in [0.3, 0.4) is 0 Å². The number of nitrogens with one attached hydrogen (secondary N) is 1. The van der Waals surface area contributed by atoms with Gasteiger partial charge in [-0.05, 0) is 35.7 Å². The van der Waals surface area contributed by atoms with Gasteiger partial charge in [-0.3, -0.25) is 14.5 Å². The third-order valence-electron chi connectivity index (χ3n) is 3.58. The monoisotopic (exact) mass is 295 g/mol. The molecule has 0 aliphatic heterocycles. The van der Waals surface area contributed by atoms with E-state index in [1.54, 1.807) is 22.9 Å². The summed E-state index contributed by atoms with van der Waals surface area (Å²) >= 11 is 5.92. The van der Waals surface area contributed by atoms with Gasteiger partial charge in [-0.25, -0.2) is 0 Å². The average molecular weight is 296 g/mol. The van der Waals surface area contributed by atoms with Gasteiger partial charge in [0.05, 0.1) is 11.9 Å². The molecule has 21 heavy (non-hydrogen) atoms. The summed E-state index contributed by atoms with van der Waals surface area (Å²) in [6, 6.07) is 14.7. The van der Waals surface area contributed by atoms with E-state index in [2.05, 4.69) is 10.2 Å². The Kier molecular flexibility index (Phi) is 2.59. The third-order valence-corrected chi connectivity index (χ3v) is 3.83. The number of H-pyrrole nitrogens is 1. The number of halogens is 1. The van der Waals surface area contributed by atoms with Crippen molar-refractivity contribution in [1.82, 2.24) is 14.8 Å². The Hall–Kier alpha value is -2.59. The molecule has 0 radical (unpaired) electrons. The van der Waals surface area contributed by atoms with Crippen molar-refractivity contribution in [1.29, 1.82) is 0 Å². The maximum Gasteiger partial charge on any atom is 0.264 e. The summed E-state index contributed by atoms with van der Waals surface area (Å²) in [5, 5.41) is 10.1. The summed E-state index contributed by atoms with van der Waals surface area (Å²) in [5.41, 5.74) is 1.36. The van der Waals surface area contributed by atoms with E-state index in [0.29, 0.717) is 16.1 Å². The summed E-state index contributed by atoms with van der Waals surface area (Å²) in [6.45, 7) is 0. The van der Waals surface area contributed by atoms with Crippen molar-refractivity contribution in [3.8, 4) is 5.69 Å². The minimum Gasteiger partial charge on any atom is -0.268 e. The van der Waals surface area contributed by atoms with Gasteiger partial charge in [0, 0.05) is 15.8 Å². The number of aromatic nitrogens is 3. The summed E-state index contributed by atoms with van der Waals surface area (Å²) in [7, 11) is 0. The Morgan fingerprint density at radius 3 is 2.43 bits per heavy atom. The molecule has 0 unspecified atom stereocenters. The van der Waals surface area contributed by atoms with Gasteiger partial charge in [0.25, 0.3) is 5.56 Å². The van der Waals surface area contributed by atoms with E-state index in [9.17, 15) is 4.79 Å². The molecular weight excluding hydrogens is 286 g/mol. The molecule has 2 aromatic heterocycles. The molecule has 4 rings (SSSR count). The van der Waals surface area contributed by atoms with E-state index >= 15 is 0 Å². The van der Waals surface area contributed by atoms with E-state index in [1.165, 1.54) is 0 Å². The predicted molar refractivity (Wildman–Crippen MR) is 84.2 cm³/mol. The van der Waals surface area contributed by atoms with Crippen LogP contribution < -0.4 is 5.56 Å². The maximum absolute atomic E-state index is 12.8.